The number of carbonyl (C=O) groups excluding carboxylic acids is 2. The highest BCUT2D eigenvalue weighted by molar-refractivity contribution is 6.01. The van der Waals surface area contributed by atoms with Crippen LogP contribution >= 0.6 is 0 Å². The van der Waals surface area contributed by atoms with E-state index in [1.165, 1.54) is 12.0 Å². The van der Waals surface area contributed by atoms with Gasteiger partial charge in [0.1, 0.15) is 0 Å². The number of nitrogens with one attached hydrogen (secondary N) is 1. The zero-order chi connectivity index (χ0) is 11.8. The van der Waals surface area contributed by atoms with Gasteiger partial charge in [0.25, 0.3) is 0 Å². The van der Waals surface area contributed by atoms with Crippen molar-refractivity contribution >= 4 is 11.9 Å². The molecule has 1 aliphatic heterocycles. The first-order valence-corrected chi connectivity index (χ1v) is 5.80. The second-order valence-corrected chi connectivity index (χ2v) is 4.92. The van der Waals surface area contributed by atoms with E-state index in [-0.39, 0.29) is 11.9 Å². The molecule has 0 radical (unpaired) electrons. The number of rotatable bonds is 1. The summed E-state index contributed by atoms with van der Waals surface area (Å²) in [5.41, 5.74) is 0.666. The predicted octanol–water partition coefficient (Wildman–Crippen LogP) is 1.67. The van der Waals surface area contributed by atoms with Gasteiger partial charge in [-0.1, -0.05) is 11.6 Å². The third kappa shape index (κ3) is 1.72. The molecule has 0 saturated carbocycles. The lowest BCUT2D eigenvalue weighted by molar-refractivity contribution is -0.129. The van der Waals surface area contributed by atoms with E-state index >= 15 is 0 Å². The summed E-state index contributed by atoms with van der Waals surface area (Å²) in [6.45, 7) is 2.42. The Morgan fingerprint density at radius 2 is 2.12 bits per heavy atom. The van der Waals surface area contributed by atoms with Crippen LogP contribution in [-0.2, 0) is 4.79 Å². The van der Waals surface area contributed by atoms with Crippen molar-refractivity contribution < 1.29 is 9.59 Å². The van der Waals surface area contributed by atoms with Crippen molar-refractivity contribution in [2.75, 3.05) is 13.6 Å². The first-order valence-electron chi connectivity index (χ1n) is 5.80. The highest BCUT2D eigenvalue weighted by Crippen LogP contribution is 2.36. The zero-order valence-electron chi connectivity index (χ0n) is 9.88. The van der Waals surface area contributed by atoms with E-state index in [0.717, 1.165) is 19.3 Å². The fourth-order valence-electron chi connectivity index (χ4n) is 2.54. The number of imide groups is 1. The van der Waals surface area contributed by atoms with Crippen LogP contribution in [-0.4, -0.2) is 30.4 Å². The lowest BCUT2D eigenvalue weighted by Gasteiger charge is -2.39. The molecule has 2 aliphatic rings. The molecule has 1 N–H and O–H groups in total. The Morgan fingerprint density at radius 1 is 1.38 bits per heavy atom. The van der Waals surface area contributed by atoms with Crippen molar-refractivity contribution in [2.45, 2.75) is 32.6 Å². The third-order valence-corrected chi connectivity index (χ3v) is 3.62. The lowest BCUT2D eigenvalue weighted by Crippen LogP contribution is -2.58. The molecule has 0 aromatic heterocycles. The van der Waals surface area contributed by atoms with Gasteiger partial charge in [0.15, 0.2) is 0 Å². The van der Waals surface area contributed by atoms with Crippen molar-refractivity contribution in [1.82, 2.24) is 10.2 Å². The maximum Gasteiger partial charge on any atom is 0.323 e. The Labute approximate surface area is 95.7 Å². The molecule has 1 aliphatic carbocycles. The van der Waals surface area contributed by atoms with Crippen LogP contribution in [0.4, 0.5) is 4.79 Å². The highest BCUT2D eigenvalue weighted by atomic mass is 16.2. The summed E-state index contributed by atoms with van der Waals surface area (Å²) in [7, 11) is 1.73. The molecule has 2 rings (SSSR count). The van der Waals surface area contributed by atoms with Crippen molar-refractivity contribution in [2.24, 2.45) is 5.41 Å². The van der Waals surface area contributed by atoms with Gasteiger partial charge in [0.2, 0.25) is 5.91 Å². The van der Waals surface area contributed by atoms with Gasteiger partial charge in [0, 0.05) is 13.6 Å². The van der Waals surface area contributed by atoms with E-state index in [9.17, 15) is 9.59 Å². The Hall–Kier alpha value is -1.32. The number of hydrogen-bond acceptors (Lipinski definition) is 2. The van der Waals surface area contributed by atoms with Gasteiger partial charge in [-0.2, -0.15) is 0 Å². The molecule has 1 fully saturated rings. The maximum absolute atomic E-state index is 12.0. The van der Waals surface area contributed by atoms with Gasteiger partial charge in [-0.05, 0) is 32.6 Å². The summed E-state index contributed by atoms with van der Waals surface area (Å²) in [6.07, 6.45) is 6.55. The molecule has 88 valence electrons. The van der Waals surface area contributed by atoms with Crippen molar-refractivity contribution in [1.29, 1.82) is 0 Å². The van der Waals surface area contributed by atoms with Gasteiger partial charge in [-0.3, -0.25) is 10.1 Å². The van der Waals surface area contributed by atoms with Crippen LogP contribution in [0.25, 0.3) is 0 Å². The van der Waals surface area contributed by atoms with Gasteiger partial charge in [0.05, 0.1) is 5.41 Å². The number of nitrogens with zero attached hydrogens (tertiary/aromatic N) is 1. The molecule has 3 amide bonds. The van der Waals surface area contributed by atoms with Crippen LogP contribution in [0.1, 0.15) is 32.6 Å². The topological polar surface area (TPSA) is 49.4 Å². The fraction of sp³-hybridized carbons (Fsp3) is 0.667. The summed E-state index contributed by atoms with van der Waals surface area (Å²) in [5, 5.41) is 2.42. The molecule has 1 atom stereocenters. The molecule has 4 heteroatoms. The van der Waals surface area contributed by atoms with Crippen molar-refractivity contribution in [3.05, 3.63) is 11.6 Å². The Bertz CT molecular complexity index is 362. The number of allylic oxidation sites excluding steroid dienone is 1. The van der Waals surface area contributed by atoms with E-state index in [0.29, 0.717) is 6.54 Å². The largest absolute Gasteiger partial charge is 0.326 e. The quantitative estimate of drug-likeness (QED) is 0.686. The van der Waals surface area contributed by atoms with Gasteiger partial charge in [-0.15, -0.1) is 0 Å². The number of carbonyl (C=O) groups is 2. The average Bonchev–Trinajstić information content (AvgIpc) is 2.28. The maximum atomic E-state index is 12.0. The minimum Gasteiger partial charge on any atom is -0.326 e. The Morgan fingerprint density at radius 3 is 2.75 bits per heavy atom. The van der Waals surface area contributed by atoms with Gasteiger partial charge >= 0.3 is 6.03 Å². The molecule has 0 aromatic carbocycles. The standard InChI is InChI=1S/C12H18N2O2/c1-12(9-6-4-3-5-7-9)8-14(2)11(16)13-10(12)15/h6H,3-5,7-8H2,1-2H3,(H,13,15,16). The second kappa shape index (κ2) is 3.92. The van der Waals surface area contributed by atoms with Crippen LogP contribution in [0.15, 0.2) is 11.6 Å². The van der Waals surface area contributed by atoms with Crippen LogP contribution in [0, 0.1) is 5.41 Å². The molecule has 1 saturated heterocycles. The van der Waals surface area contributed by atoms with Crippen LogP contribution < -0.4 is 5.32 Å². The van der Waals surface area contributed by atoms with E-state index in [2.05, 4.69) is 11.4 Å². The third-order valence-electron chi connectivity index (χ3n) is 3.62. The minimum atomic E-state index is -0.525. The van der Waals surface area contributed by atoms with E-state index < -0.39 is 5.41 Å². The zero-order valence-corrected chi connectivity index (χ0v) is 9.88. The second-order valence-electron chi connectivity index (χ2n) is 4.92. The molecule has 1 unspecified atom stereocenters. The SMILES string of the molecule is CN1CC(C)(C2=CCCCC2)C(=O)NC1=O. The van der Waals surface area contributed by atoms with Crippen LogP contribution in [0.2, 0.25) is 0 Å². The summed E-state index contributed by atoms with van der Waals surface area (Å²) in [6, 6.07) is -0.293. The highest BCUT2D eigenvalue weighted by Gasteiger charge is 2.43. The summed E-state index contributed by atoms with van der Waals surface area (Å²) in [5.74, 6) is -0.149. The van der Waals surface area contributed by atoms with E-state index in [1.54, 1.807) is 11.9 Å². The molecule has 16 heavy (non-hydrogen) atoms. The molecule has 0 bridgehead atoms. The predicted molar refractivity (Wildman–Crippen MR) is 60.8 cm³/mol. The minimum absolute atomic E-state index is 0.149. The summed E-state index contributed by atoms with van der Waals surface area (Å²) in [4.78, 5) is 24.9. The average molecular weight is 222 g/mol. The van der Waals surface area contributed by atoms with Crippen molar-refractivity contribution in [3.63, 3.8) is 0 Å². The number of amides is 3. The number of hydrogen-bond donors (Lipinski definition) is 1. The van der Waals surface area contributed by atoms with E-state index in [4.69, 9.17) is 0 Å². The molecule has 0 spiro atoms. The fourth-order valence-corrected chi connectivity index (χ4v) is 2.54. The van der Waals surface area contributed by atoms with Crippen molar-refractivity contribution in [3.8, 4) is 0 Å². The summed E-state index contributed by atoms with van der Waals surface area (Å²) < 4.78 is 0. The molecule has 4 nitrogen and oxygen atoms in total. The smallest absolute Gasteiger partial charge is 0.323 e. The van der Waals surface area contributed by atoms with Crippen LogP contribution in [0.5, 0.6) is 0 Å². The van der Waals surface area contributed by atoms with Gasteiger partial charge in [-0.25, -0.2) is 4.79 Å². The molecular formula is C12H18N2O2. The lowest BCUT2D eigenvalue weighted by atomic mass is 9.75. The molecule has 1 heterocycles. The normalized spacial score (nSPS) is 31.1. The Balaban J connectivity index is 2.26. The first-order chi connectivity index (χ1) is 7.54. The molecule has 0 aromatic rings. The summed E-state index contributed by atoms with van der Waals surface area (Å²) >= 11 is 0. The number of urea groups is 1. The monoisotopic (exact) mass is 222 g/mol. The Kier molecular flexibility index (Phi) is 2.74. The van der Waals surface area contributed by atoms with Gasteiger partial charge < -0.3 is 4.90 Å². The first kappa shape index (κ1) is 11.2. The van der Waals surface area contributed by atoms with E-state index in [1.807, 2.05) is 6.92 Å². The van der Waals surface area contributed by atoms with Crippen LogP contribution in [0.3, 0.4) is 0 Å². The molecular weight excluding hydrogens is 204 g/mol.